The number of benzene rings is 3. The van der Waals surface area contributed by atoms with Crippen LogP contribution in [0.25, 0.3) is 0 Å². The molecule has 31 heavy (non-hydrogen) atoms. The van der Waals surface area contributed by atoms with E-state index in [0.717, 1.165) is 6.26 Å². The van der Waals surface area contributed by atoms with Gasteiger partial charge < -0.3 is 10.1 Å². The maximum absolute atomic E-state index is 12.8. The van der Waals surface area contributed by atoms with E-state index >= 15 is 0 Å². The first-order valence-corrected chi connectivity index (χ1v) is 11.4. The van der Waals surface area contributed by atoms with E-state index in [1.165, 1.54) is 24.3 Å². The molecule has 0 atom stereocenters. The highest BCUT2D eigenvalue weighted by molar-refractivity contribution is 7.92. The SMILES string of the molecule is CS(=O)(=O)Nc1ccc(NC(=O)COc2ccc(Cl)cc2C(=O)c2ccccc2)cc1. The zero-order chi connectivity index (χ0) is 22.4. The number of anilines is 2. The van der Waals surface area contributed by atoms with E-state index in [4.69, 9.17) is 16.3 Å². The van der Waals surface area contributed by atoms with Gasteiger partial charge in [-0.25, -0.2) is 8.42 Å². The Hall–Kier alpha value is -3.36. The van der Waals surface area contributed by atoms with Crippen molar-refractivity contribution in [1.82, 2.24) is 0 Å². The number of nitrogens with one attached hydrogen (secondary N) is 2. The first kappa shape index (κ1) is 22.3. The molecule has 3 aromatic carbocycles. The minimum atomic E-state index is -3.38. The molecule has 0 radical (unpaired) electrons. The summed E-state index contributed by atoms with van der Waals surface area (Å²) in [5, 5.41) is 3.02. The fourth-order valence-electron chi connectivity index (χ4n) is 2.73. The summed E-state index contributed by atoms with van der Waals surface area (Å²) >= 11 is 6.04. The predicted molar refractivity (Wildman–Crippen MR) is 120 cm³/mol. The molecule has 0 aromatic heterocycles. The zero-order valence-corrected chi connectivity index (χ0v) is 18.0. The molecule has 160 valence electrons. The van der Waals surface area contributed by atoms with Crippen LogP contribution in [0, 0.1) is 0 Å². The van der Waals surface area contributed by atoms with E-state index in [2.05, 4.69) is 10.0 Å². The van der Waals surface area contributed by atoms with Crippen LogP contribution in [0.1, 0.15) is 15.9 Å². The van der Waals surface area contributed by atoms with Gasteiger partial charge in [0.15, 0.2) is 12.4 Å². The second-order valence-electron chi connectivity index (χ2n) is 6.62. The largest absolute Gasteiger partial charge is 0.483 e. The lowest BCUT2D eigenvalue weighted by molar-refractivity contribution is -0.118. The molecule has 3 aromatic rings. The van der Waals surface area contributed by atoms with Crippen molar-refractivity contribution in [1.29, 1.82) is 0 Å². The Kier molecular flexibility index (Phi) is 6.94. The first-order chi connectivity index (χ1) is 14.7. The molecule has 1 amide bonds. The Morgan fingerprint density at radius 1 is 0.935 bits per heavy atom. The number of halogens is 1. The number of hydrogen-bond acceptors (Lipinski definition) is 5. The molecule has 0 fully saturated rings. The Balaban J connectivity index is 1.66. The molecule has 0 unspecified atom stereocenters. The smallest absolute Gasteiger partial charge is 0.262 e. The number of rotatable bonds is 8. The number of ketones is 1. The zero-order valence-electron chi connectivity index (χ0n) is 16.5. The molecular formula is C22H19ClN2O5S. The molecular weight excluding hydrogens is 440 g/mol. The number of hydrogen-bond donors (Lipinski definition) is 2. The second-order valence-corrected chi connectivity index (χ2v) is 8.81. The van der Waals surface area contributed by atoms with Gasteiger partial charge in [-0.15, -0.1) is 0 Å². The van der Waals surface area contributed by atoms with Gasteiger partial charge in [0.25, 0.3) is 5.91 Å². The molecule has 9 heteroatoms. The van der Waals surface area contributed by atoms with Crippen LogP contribution < -0.4 is 14.8 Å². The van der Waals surface area contributed by atoms with Crippen molar-refractivity contribution in [2.45, 2.75) is 0 Å². The fraction of sp³-hybridized carbons (Fsp3) is 0.0909. The summed E-state index contributed by atoms with van der Waals surface area (Å²) in [7, 11) is -3.38. The normalized spacial score (nSPS) is 10.9. The Labute approximate surface area is 185 Å². The van der Waals surface area contributed by atoms with Crippen LogP contribution in [-0.4, -0.2) is 33.0 Å². The van der Waals surface area contributed by atoms with Crippen LogP contribution in [-0.2, 0) is 14.8 Å². The predicted octanol–water partition coefficient (Wildman–Crippen LogP) is 3.96. The highest BCUT2D eigenvalue weighted by Gasteiger charge is 2.16. The van der Waals surface area contributed by atoms with E-state index in [1.54, 1.807) is 48.5 Å². The highest BCUT2D eigenvalue weighted by Crippen LogP contribution is 2.26. The van der Waals surface area contributed by atoms with E-state index in [1.807, 2.05) is 0 Å². The summed E-state index contributed by atoms with van der Waals surface area (Å²) in [5.74, 6) is -0.481. The van der Waals surface area contributed by atoms with Gasteiger partial charge in [0.05, 0.1) is 11.8 Å². The van der Waals surface area contributed by atoms with Crippen LogP contribution in [0.2, 0.25) is 5.02 Å². The van der Waals surface area contributed by atoms with Crippen molar-refractivity contribution in [3.05, 3.63) is 88.9 Å². The molecule has 0 spiro atoms. The van der Waals surface area contributed by atoms with Crippen molar-refractivity contribution in [3.8, 4) is 5.75 Å². The fourth-order valence-corrected chi connectivity index (χ4v) is 3.46. The van der Waals surface area contributed by atoms with Gasteiger partial charge >= 0.3 is 0 Å². The summed E-state index contributed by atoms with van der Waals surface area (Å²) in [6.45, 7) is -0.333. The monoisotopic (exact) mass is 458 g/mol. The standard InChI is InChI=1S/C22H19ClN2O5S/c1-31(28,29)25-18-10-8-17(9-11-18)24-21(26)14-30-20-12-7-16(23)13-19(20)22(27)15-5-3-2-4-6-15/h2-13,25H,14H2,1H3,(H,24,26). The molecule has 0 aliphatic carbocycles. The van der Waals surface area contributed by atoms with Crippen LogP contribution in [0.3, 0.4) is 0 Å². The Morgan fingerprint density at radius 3 is 2.23 bits per heavy atom. The van der Waals surface area contributed by atoms with Gasteiger partial charge in [-0.1, -0.05) is 41.9 Å². The number of amides is 1. The van der Waals surface area contributed by atoms with Crippen LogP contribution >= 0.6 is 11.6 Å². The molecule has 3 rings (SSSR count). The summed E-state index contributed by atoms with van der Waals surface area (Å²) < 4.78 is 30.4. The average molecular weight is 459 g/mol. The second kappa shape index (κ2) is 9.63. The third kappa shape index (κ3) is 6.56. The van der Waals surface area contributed by atoms with Crippen LogP contribution in [0.5, 0.6) is 5.75 Å². The quantitative estimate of drug-likeness (QED) is 0.497. The van der Waals surface area contributed by atoms with Gasteiger partial charge in [-0.2, -0.15) is 0 Å². The van der Waals surface area contributed by atoms with Gasteiger partial charge in [0.2, 0.25) is 10.0 Å². The minimum absolute atomic E-state index is 0.237. The number of ether oxygens (including phenoxy) is 1. The van der Waals surface area contributed by atoms with Crippen molar-refractivity contribution < 1.29 is 22.7 Å². The molecule has 0 bridgehead atoms. The van der Waals surface area contributed by atoms with Gasteiger partial charge in [0.1, 0.15) is 5.75 Å². The van der Waals surface area contributed by atoms with Gasteiger partial charge in [-0.05, 0) is 42.5 Å². The van der Waals surface area contributed by atoms with Crippen molar-refractivity contribution in [2.75, 3.05) is 22.9 Å². The molecule has 0 saturated carbocycles. The van der Waals surface area contributed by atoms with E-state index in [-0.39, 0.29) is 23.7 Å². The number of carbonyl (C=O) groups excluding carboxylic acids is 2. The molecule has 7 nitrogen and oxygen atoms in total. The lowest BCUT2D eigenvalue weighted by atomic mass is 10.0. The van der Waals surface area contributed by atoms with Crippen molar-refractivity contribution >= 4 is 44.7 Å². The maximum Gasteiger partial charge on any atom is 0.262 e. The highest BCUT2D eigenvalue weighted by atomic mass is 35.5. The first-order valence-electron chi connectivity index (χ1n) is 9.11. The number of carbonyl (C=O) groups is 2. The molecule has 0 aliphatic rings. The molecule has 0 aliphatic heterocycles. The molecule has 0 saturated heterocycles. The minimum Gasteiger partial charge on any atom is -0.483 e. The topological polar surface area (TPSA) is 102 Å². The lowest BCUT2D eigenvalue weighted by Crippen LogP contribution is -2.21. The van der Waals surface area contributed by atoms with E-state index in [9.17, 15) is 18.0 Å². The van der Waals surface area contributed by atoms with E-state index < -0.39 is 15.9 Å². The van der Waals surface area contributed by atoms with Gasteiger partial charge in [-0.3, -0.25) is 14.3 Å². The third-order valence-electron chi connectivity index (χ3n) is 4.05. The third-order valence-corrected chi connectivity index (χ3v) is 4.89. The summed E-state index contributed by atoms with van der Waals surface area (Å²) in [6.07, 6.45) is 1.05. The Bertz CT molecular complexity index is 1200. The van der Waals surface area contributed by atoms with Crippen molar-refractivity contribution in [3.63, 3.8) is 0 Å². The van der Waals surface area contributed by atoms with Crippen LogP contribution in [0.4, 0.5) is 11.4 Å². The summed E-state index contributed by atoms with van der Waals surface area (Å²) in [5.41, 5.74) is 1.57. The molecule has 0 heterocycles. The van der Waals surface area contributed by atoms with Crippen molar-refractivity contribution in [2.24, 2.45) is 0 Å². The maximum atomic E-state index is 12.8. The van der Waals surface area contributed by atoms with Crippen LogP contribution in [0.15, 0.2) is 72.8 Å². The lowest BCUT2D eigenvalue weighted by Gasteiger charge is -2.12. The summed E-state index contributed by atoms with van der Waals surface area (Å²) in [4.78, 5) is 25.1. The number of sulfonamides is 1. The van der Waals surface area contributed by atoms with Gasteiger partial charge in [0, 0.05) is 22.0 Å². The summed E-state index contributed by atoms with van der Waals surface area (Å²) in [6, 6.07) is 19.4. The average Bonchev–Trinajstić information content (AvgIpc) is 2.73. The Morgan fingerprint density at radius 2 is 1.58 bits per heavy atom. The molecule has 2 N–H and O–H groups in total. The van der Waals surface area contributed by atoms with E-state index in [0.29, 0.717) is 22.0 Å².